The predicted molar refractivity (Wildman–Crippen MR) is 80.5 cm³/mol. The number of nitrogens with one attached hydrogen (secondary N) is 1. The fourth-order valence-electron chi connectivity index (χ4n) is 1.81. The van der Waals surface area contributed by atoms with Crippen LogP contribution in [-0.2, 0) is 16.1 Å². The zero-order valence-electron chi connectivity index (χ0n) is 12.0. The van der Waals surface area contributed by atoms with Crippen LogP contribution in [0.2, 0.25) is 0 Å². The number of hydrogen-bond acceptors (Lipinski definition) is 5. The summed E-state index contributed by atoms with van der Waals surface area (Å²) in [6.45, 7) is 4.49. The first kappa shape index (κ1) is 15.2. The number of esters is 1. The van der Waals surface area contributed by atoms with Crippen LogP contribution in [0.4, 0.5) is 5.00 Å². The molecule has 1 N–H and O–H groups in total. The zero-order chi connectivity index (χ0) is 15.2. The first-order valence-electron chi connectivity index (χ1n) is 6.63. The number of carbonyl (C=O) groups excluding carboxylic acids is 2. The molecule has 2 aromatic heterocycles. The number of nitrogens with zero attached hydrogens (tertiary/aromatic N) is 2. The van der Waals surface area contributed by atoms with E-state index < -0.39 is 5.97 Å². The van der Waals surface area contributed by atoms with E-state index in [1.807, 2.05) is 11.5 Å². The van der Waals surface area contributed by atoms with Crippen molar-refractivity contribution in [2.24, 2.45) is 0 Å². The topological polar surface area (TPSA) is 73.2 Å². The summed E-state index contributed by atoms with van der Waals surface area (Å²) in [5.41, 5.74) is 0.412. The summed E-state index contributed by atoms with van der Waals surface area (Å²) in [7, 11) is 0. The van der Waals surface area contributed by atoms with Gasteiger partial charge in [-0.25, -0.2) is 9.78 Å². The molecular formula is C14H17N3O3S. The Balaban J connectivity index is 1.98. The molecule has 2 heterocycles. The van der Waals surface area contributed by atoms with Gasteiger partial charge in [-0.2, -0.15) is 0 Å². The number of amides is 1. The first-order chi connectivity index (χ1) is 10.1. The third kappa shape index (κ3) is 4.16. The average Bonchev–Trinajstić information content (AvgIpc) is 3.06. The quantitative estimate of drug-likeness (QED) is 0.832. The average molecular weight is 307 g/mol. The van der Waals surface area contributed by atoms with Crippen molar-refractivity contribution in [2.45, 2.75) is 26.8 Å². The number of imidazole rings is 1. The Hall–Kier alpha value is -2.15. The van der Waals surface area contributed by atoms with Gasteiger partial charge in [0.05, 0.1) is 18.5 Å². The summed E-state index contributed by atoms with van der Waals surface area (Å²) < 4.78 is 6.81. The fourth-order valence-corrected chi connectivity index (χ4v) is 2.72. The lowest BCUT2D eigenvalue weighted by atomic mass is 10.3. The number of hydrogen-bond donors (Lipinski definition) is 1. The molecule has 0 fully saturated rings. The Labute approximate surface area is 126 Å². The largest absolute Gasteiger partial charge is 0.462 e. The second kappa shape index (κ2) is 7.03. The van der Waals surface area contributed by atoms with Gasteiger partial charge in [-0.05, 0) is 19.9 Å². The van der Waals surface area contributed by atoms with Crippen LogP contribution in [0.3, 0.4) is 0 Å². The molecule has 0 saturated carbocycles. The van der Waals surface area contributed by atoms with Crippen molar-refractivity contribution in [1.82, 2.24) is 9.55 Å². The molecule has 2 rings (SSSR count). The second-order valence-electron chi connectivity index (χ2n) is 4.42. The molecule has 0 aliphatic heterocycles. The third-order valence-corrected chi connectivity index (χ3v) is 3.73. The minimum Gasteiger partial charge on any atom is -0.462 e. The van der Waals surface area contributed by atoms with E-state index in [1.165, 1.54) is 11.3 Å². The summed E-state index contributed by atoms with van der Waals surface area (Å²) in [6.07, 6.45) is 5.44. The van der Waals surface area contributed by atoms with Gasteiger partial charge in [0.15, 0.2) is 0 Å². The number of thiophene rings is 1. The minimum atomic E-state index is -0.410. The lowest BCUT2D eigenvalue weighted by molar-refractivity contribution is -0.116. The molecule has 7 heteroatoms. The second-order valence-corrected chi connectivity index (χ2v) is 5.68. The Kier molecular flexibility index (Phi) is 5.10. The molecule has 0 saturated heterocycles. The third-order valence-electron chi connectivity index (χ3n) is 2.76. The Morgan fingerprint density at radius 3 is 2.95 bits per heavy atom. The van der Waals surface area contributed by atoms with E-state index in [4.69, 9.17) is 4.74 Å². The normalized spacial score (nSPS) is 10.4. The number of aryl methyl sites for hydroxylation is 2. The minimum absolute atomic E-state index is 0.143. The number of rotatable bonds is 6. The first-order valence-corrected chi connectivity index (χ1v) is 7.45. The van der Waals surface area contributed by atoms with Crippen molar-refractivity contribution in [1.29, 1.82) is 0 Å². The highest BCUT2D eigenvalue weighted by molar-refractivity contribution is 7.16. The van der Waals surface area contributed by atoms with Crippen LogP contribution in [0.15, 0.2) is 24.8 Å². The predicted octanol–water partition coefficient (Wildman–Crippen LogP) is 2.46. The van der Waals surface area contributed by atoms with E-state index in [-0.39, 0.29) is 5.91 Å². The van der Waals surface area contributed by atoms with E-state index in [0.29, 0.717) is 30.1 Å². The van der Waals surface area contributed by atoms with Gasteiger partial charge in [0.25, 0.3) is 0 Å². The standard InChI is InChI=1S/C14H17N3O3S/c1-3-20-14(19)11-8-10(2)21-13(11)16-12(18)4-6-17-7-5-15-9-17/h5,7-9H,3-4,6H2,1-2H3,(H,16,18). The van der Waals surface area contributed by atoms with Gasteiger partial charge < -0.3 is 14.6 Å². The summed E-state index contributed by atoms with van der Waals surface area (Å²) in [4.78, 5) is 28.6. The maximum Gasteiger partial charge on any atom is 0.341 e. The molecule has 6 nitrogen and oxygen atoms in total. The summed E-state index contributed by atoms with van der Waals surface area (Å²) >= 11 is 1.37. The van der Waals surface area contributed by atoms with Crippen LogP contribution in [0.5, 0.6) is 0 Å². The monoisotopic (exact) mass is 307 g/mol. The van der Waals surface area contributed by atoms with Crippen molar-refractivity contribution in [3.8, 4) is 0 Å². The van der Waals surface area contributed by atoms with Crippen LogP contribution >= 0.6 is 11.3 Å². The van der Waals surface area contributed by atoms with Crippen LogP contribution in [0.1, 0.15) is 28.6 Å². The van der Waals surface area contributed by atoms with E-state index in [2.05, 4.69) is 10.3 Å². The van der Waals surface area contributed by atoms with Gasteiger partial charge in [0, 0.05) is 30.2 Å². The Morgan fingerprint density at radius 2 is 2.29 bits per heavy atom. The molecule has 112 valence electrons. The van der Waals surface area contributed by atoms with Crippen LogP contribution in [-0.4, -0.2) is 28.0 Å². The summed E-state index contributed by atoms with van der Waals surface area (Å²) in [5, 5.41) is 3.32. The molecule has 0 atom stereocenters. The van der Waals surface area contributed by atoms with Gasteiger partial charge >= 0.3 is 5.97 Å². The van der Waals surface area contributed by atoms with E-state index in [1.54, 1.807) is 31.7 Å². The lowest BCUT2D eigenvalue weighted by Crippen LogP contribution is -2.15. The van der Waals surface area contributed by atoms with Crippen molar-refractivity contribution in [2.75, 3.05) is 11.9 Å². The maximum atomic E-state index is 12.0. The molecule has 0 unspecified atom stereocenters. The Morgan fingerprint density at radius 1 is 1.48 bits per heavy atom. The smallest absolute Gasteiger partial charge is 0.341 e. The molecule has 0 spiro atoms. The molecule has 2 aromatic rings. The molecule has 0 aliphatic carbocycles. The number of ether oxygens (including phenoxy) is 1. The lowest BCUT2D eigenvalue weighted by Gasteiger charge is -2.06. The zero-order valence-corrected chi connectivity index (χ0v) is 12.8. The van der Waals surface area contributed by atoms with Crippen molar-refractivity contribution in [3.05, 3.63) is 35.2 Å². The fraction of sp³-hybridized carbons (Fsp3) is 0.357. The summed E-state index contributed by atoms with van der Waals surface area (Å²) in [5.74, 6) is -0.553. The van der Waals surface area contributed by atoms with E-state index >= 15 is 0 Å². The highest BCUT2D eigenvalue weighted by Gasteiger charge is 2.17. The number of carbonyl (C=O) groups is 2. The number of anilines is 1. The van der Waals surface area contributed by atoms with Gasteiger partial charge in [-0.1, -0.05) is 0 Å². The molecule has 0 radical (unpaired) electrons. The van der Waals surface area contributed by atoms with E-state index in [0.717, 1.165) is 4.88 Å². The van der Waals surface area contributed by atoms with Crippen LogP contribution in [0, 0.1) is 6.92 Å². The molecule has 0 aliphatic rings. The van der Waals surface area contributed by atoms with Crippen LogP contribution in [0.25, 0.3) is 0 Å². The molecule has 21 heavy (non-hydrogen) atoms. The number of aromatic nitrogens is 2. The van der Waals surface area contributed by atoms with Gasteiger partial charge in [-0.15, -0.1) is 11.3 Å². The summed E-state index contributed by atoms with van der Waals surface area (Å²) in [6, 6.07) is 1.73. The van der Waals surface area contributed by atoms with Crippen molar-refractivity contribution in [3.63, 3.8) is 0 Å². The SMILES string of the molecule is CCOC(=O)c1cc(C)sc1NC(=O)CCn1ccnc1. The molecule has 0 aromatic carbocycles. The van der Waals surface area contributed by atoms with Gasteiger partial charge in [0.1, 0.15) is 5.00 Å². The van der Waals surface area contributed by atoms with Crippen LogP contribution < -0.4 is 5.32 Å². The highest BCUT2D eigenvalue weighted by Crippen LogP contribution is 2.28. The van der Waals surface area contributed by atoms with Gasteiger partial charge in [0.2, 0.25) is 5.91 Å². The highest BCUT2D eigenvalue weighted by atomic mass is 32.1. The van der Waals surface area contributed by atoms with E-state index in [9.17, 15) is 9.59 Å². The van der Waals surface area contributed by atoms with Gasteiger partial charge in [-0.3, -0.25) is 4.79 Å². The maximum absolute atomic E-state index is 12.0. The molecule has 1 amide bonds. The van der Waals surface area contributed by atoms with Crippen molar-refractivity contribution < 1.29 is 14.3 Å². The van der Waals surface area contributed by atoms with Crippen molar-refractivity contribution >= 4 is 28.2 Å². The Bertz CT molecular complexity index is 619. The molecular weight excluding hydrogens is 290 g/mol. The molecule has 0 bridgehead atoms.